The fourth-order valence-electron chi connectivity index (χ4n) is 3.67. The third kappa shape index (κ3) is 4.00. The number of hydrogen-bond acceptors (Lipinski definition) is 4. The Morgan fingerprint density at radius 2 is 2.17 bits per heavy atom. The summed E-state index contributed by atoms with van der Waals surface area (Å²) in [5, 5.41) is 0. The third-order valence-corrected chi connectivity index (χ3v) is 4.98. The van der Waals surface area contributed by atoms with Crippen molar-refractivity contribution in [2.75, 3.05) is 13.1 Å². The summed E-state index contributed by atoms with van der Waals surface area (Å²) in [6.07, 6.45) is 11.8. The average Bonchev–Trinajstić information content (AvgIpc) is 3.09. The molecule has 0 aromatic carbocycles. The van der Waals surface area contributed by atoms with Gasteiger partial charge in [0.2, 0.25) is 5.91 Å². The number of carbonyl (C=O) groups is 1. The molecule has 24 heavy (non-hydrogen) atoms. The van der Waals surface area contributed by atoms with Crippen LogP contribution in [-0.2, 0) is 17.8 Å². The van der Waals surface area contributed by atoms with Gasteiger partial charge in [-0.25, -0.2) is 4.98 Å². The molecule has 6 heteroatoms. The SMILES string of the molecule is NC(=O)C1(CCCc2ccncc2)CCCN(Cc2ncc[nH]2)C1. The number of nitrogens with zero attached hydrogens (tertiary/aromatic N) is 3. The Morgan fingerprint density at radius 3 is 2.88 bits per heavy atom. The molecule has 1 aliphatic heterocycles. The number of carbonyl (C=O) groups excluding carboxylic acids is 1. The summed E-state index contributed by atoms with van der Waals surface area (Å²) in [4.78, 5) is 26.0. The van der Waals surface area contributed by atoms with Crippen LogP contribution >= 0.6 is 0 Å². The first-order valence-electron chi connectivity index (χ1n) is 8.57. The van der Waals surface area contributed by atoms with Gasteiger partial charge in [-0.15, -0.1) is 0 Å². The number of H-pyrrole nitrogens is 1. The number of likely N-dealkylation sites (tertiary alicyclic amines) is 1. The summed E-state index contributed by atoms with van der Waals surface area (Å²) in [6.45, 7) is 2.45. The van der Waals surface area contributed by atoms with Crippen LogP contribution in [0, 0.1) is 5.41 Å². The molecule has 1 saturated heterocycles. The molecule has 128 valence electrons. The number of pyridine rings is 1. The molecule has 3 heterocycles. The first kappa shape index (κ1) is 16.6. The zero-order valence-corrected chi connectivity index (χ0v) is 13.9. The van der Waals surface area contributed by atoms with E-state index in [9.17, 15) is 4.79 Å². The maximum Gasteiger partial charge on any atom is 0.224 e. The van der Waals surface area contributed by atoms with Gasteiger partial charge in [0.1, 0.15) is 5.82 Å². The van der Waals surface area contributed by atoms with Crippen LogP contribution in [0.2, 0.25) is 0 Å². The molecule has 3 rings (SSSR count). The Labute approximate surface area is 142 Å². The lowest BCUT2D eigenvalue weighted by atomic mass is 9.75. The zero-order valence-electron chi connectivity index (χ0n) is 13.9. The van der Waals surface area contributed by atoms with E-state index in [0.717, 1.165) is 57.6 Å². The molecular weight excluding hydrogens is 302 g/mol. The molecule has 1 unspecified atom stereocenters. The van der Waals surface area contributed by atoms with Crippen LogP contribution in [0.1, 0.15) is 37.1 Å². The van der Waals surface area contributed by atoms with Crippen molar-refractivity contribution in [1.29, 1.82) is 0 Å². The van der Waals surface area contributed by atoms with Crippen LogP contribution in [0.15, 0.2) is 36.9 Å². The lowest BCUT2D eigenvalue weighted by Gasteiger charge is -2.40. The normalized spacial score (nSPS) is 21.7. The zero-order chi connectivity index (χ0) is 16.8. The number of hydrogen-bond donors (Lipinski definition) is 2. The minimum absolute atomic E-state index is 0.165. The molecule has 0 aliphatic carbocycles. The smallest absolute Gasteiger partial charge is 0.224 e. The largest absolute Gasteiger partial charge is 0.369 e. The second kappa shape index (κ2) is 7.57. The van der Waals surface area contributed by atoms with Crippen molar-refractivity contribution in [2.24, 2.45) is 11.1 Å². The van der Waals surface area contributed by atoms with Gasteiger partial charge in [-0.2, -0.15) is 0 Å². The standard InChI is InChI=1S/C18H25N5O/c19-17(24)18(6-1-3-15-4-8-20-9-5-15)7-2-12-23(14-18)13-16-21-10-11-22-16/h4-5,8-11H,1-3,6-7,12-14H2,(H2,19,24)(H,21,22). The molecule has 1 aliphatic rings. The number of amides is 1. The van der Waals surface area contributed by atoms with Gasteiger partial charge in [0, 0.05) is 31.3 Å². The summed E-state index contributed by atoms with van der Waals surface area (Å²) in [5.41, 5.74) is 6.66. The number of aromatic amines is 1. The molecule has 1 atom stereocenters. The maximum atomic E-state index is 12.2. The number of aromatic nitrogens is 3. The second-order valence-electron chi connectivity index (χ2n) is 6.70. The summed E-state index contributed by atoms with van der Waals surface area (Å²) < 4.78 is 0. The van der Waals surface area contributed by atoms with E-state index in [1.807, 2.05) is 30.7 Å². The highest BCUT2D eigenvalue weighted by atomic mass is 16.1. The van der Waals surface area contributed by atoms with Crippen LogP contribution in [0.4, 0.5) is 0 Å². The number of nitrogens with one attached hydrogen (secondary N) is 1. The van der Waals surface area contributed by atoms with E-state index in [1.165, 1.54) is 5.56 Å². The van der Waals surface area contributed by atoms with E-state index in [-0.39, 0.29) is 5.91 Å². The van der Waals surface area contributed by atoms with Gasteiger partial charge in [-0.1, -0.05) is 0 Å². The van der Waals surface area contributed by atoms with E-state index >= 15 is 0 Å². The van der Waals surface area contributed by atoms with Gasteiger partial charge in [0.05, 0.1) is 12.0 Å². The second-order valence-corrected chi connectivity index (χ2v) is 6.70. The molecule has 2 aromatic rings. The molecule has 6 nitrogen and oxygen atoms in total. The maximum absolute atomic E-state index is 12.2. The summed E-state index contributed by atoms with van der Waals surface area (Å²) in [6, 6.07) is 4.06. The van der Waals surface area contributed by atoms with Crippen molar-refractivity contribution in [1.82, 2.24) is 19.9 Å². The predicted octanol–water partition coefficient (Wildman–Crippen LogP) is 1.90. The van der Waals surface area contributed by atoms with Crippen LogP contribution in [0.5, 0.6) is 0 Å². The molecule has 2 aromatic heterocycles. The number of imidazole rings is 1. The number of rotatable bonds is 7. The van der Waals surface area contributed by atoms with Crippen molar-refractivity contribution in [2.45, 2.75) is 38.6 Å². The summed E-state index contributed by atoms with van der Waals surface area (Å²) >= 11 is 0. The van der Waals surface area contributed by atoms with Crippen molar-refractivity contribution < 1.29 is 4.79 Å². The van der Waals surface area contributed by atoms with Gasteiger partial charge in [0.25, 0.3) is 0 Å². The average molecular weight is 327 g/mol. The van der Waals surface area contributed by atoms with Crippen LogP contribution in [-0.4, -0.2) is 38.8 Å². The van der Waals surface area contributed by atoms with Gasteiger partial charge in [-0.3, -0.25) is 14.7 Å². The fourth-order valence-corrected chi connectivity index (χ4v) is 3.67. The van der Waals surface area contributed by atoms with Gasteiger partial charge < -0.3 is 10.7 Å². The van der Waals surface area contributed by atoms with E-state index in [2.05, 4.69) is 19.9 Å². The van der Waals surface area contributed by atoms with Crippen LogP contribution < -0.4 is 5.73 Å². The Bertz CT molecular complexity index is 643. The minimum atomic E-state index is -0.419. The highest BCUT2D eigenvalue weighted by Gasteiger charge is 2.40. The fraction of sp³-hybridized carbons (Fsp3) is 0.500. The van der Waals surface area contributed by atoms with E-state index in [1.54, 1.807) is 6.20 Å². The molecule has 0 saturated carbocycles. The monoisotopic (exact) mass is 327 g/mol. The Kier molecular flexibility index (Phi) is 5.25. The van der Waals surface area contributed by atoms with Gasteiger partial charge in [-0.05, 0) is 56.3 Å². The molecular formula is C18H25N5O. The minimum Gasteiger partial charge on any atom is -0.369 e. The molecule has 0 bridgehead atoms. The Balaban J connectivity index is 1.60. The number of piperidine rings is 1. The number of aryl methyl sites for hydroxylation is 1. The quantitative estimate of drug-likeness (QED) is 0.813. The lowest BCUT2D eigenvalue weighted by molar-refractivity contribution is -0.131. The Hall–Kier alpha value is -2.21. The summed E-state index contributed by atoms with van der Waals surface area (Å²) in [5.74, 6) is 0.772. The lowest BCUT2D eigenvalue weighted by Crippen LogP contribution is -2.50. The highest BCUT2D eigenvalue weighted by molar-refractivity contribution is 5.81. The van der Waals surface area contributed by atoms with Crippen molar-refractivity contribution in [3.05, 3.63) is 48.3 Å². The van der Waals surface area contributed by atoms with Crippen LogP contribution in [0.25, 0.3) is 0 Å². The first-order chi connectivity index (χ1) is 11.7. The molecule has 1 amide bonds. The van der Waals surface area contributed by atoms with E-state index in [0.29, 0.717) is 0 Å². The van der Waals surface area contributed by atoms with Crippen molar-refractivity contribution in [3.63, 3.8) is 0 Å². The predicted molar refractivity (Wildman–Crippen MR) is 91.9 cm³/mol. The van der Waals surface area contributed by atoms with Crippen LogP contribution in [0.3, 0.4) is 0 Å². The Morgan fingerprint density at radius 1 is 1.33 bits per heavy atom. The van der Waals surface area contributed by atoms with Crippen molar-refractivity contribution >= 4 is 5.91 Å². The molecule has 3 N–H and O–H groups in total. The van der Waals surface area contributed by atoms with E-state index in [4.69, 9.17) is 5.73 Å². The van der Waals surface area contributed by atoms with Gasteiger partial charge in [0.15, 0.2) is 0 Å². The topological polar surface area (TPSA) is 87.9 Å². The summed E-state index contributed by atoms with van der Waals surface area (Å²) in [7, 11) is 0. The molecule has 0 radical (unpaired) electrons. The molecule has 1 fully saturated rings. The van der Waals surface area contributed by atoms with E-state index < -0.39 is 5.41 Å². The number of nitrogens with two attached hydrogens (primary N) is 1. The van der Waals surface area contributed by atoms with Crippen molar-refractivity contribution in [3.8, 4) is 0 Å². The third-order valence-electron chi connectivity index (χ3n) is 4.98. The first-order valence-corrected chi connectivity index (χ1v) is 8.57. The highest BCUT2D eigenvalue weighted by Crippen LogP contribution is 2.35. The van der Waals surface area contributed by atoms with Gasteiger partial charge >= 0.3 is 0 Å². The molecule has 0 spiro atoms. The number of primary amides is 1.